The summed E-state index contributed by atoms with van der Waals surface area (Å²) in [5, 5.41) is 9.31. The van der Waals surface area contributed by atoms with E-state index >= 15 is 0 Å². The first-order valence-corrected chi connectivity index (χ1v) is 5.79. The number of aliphatic hydroxyl groups excluding tert-OH is 1. The third-order valence-corrected chi connectivity index (χ3v) is 3.11. The van der Waals surface area contributed by atoms with Gasteiger partial charge in [0.25, 0.3) is 5.91 Å². The molecule has 0 aromatic heterocycles. The summed E-state index contributed by atoms with van der Waals surface area (Å²) in [6.07, 6.45) is 0.0756. The number of aliphatic hydroxyl groups is 1. The molecule has 0 aliphatic carbocycles. The van der Waals surface area contributed by atoms with Crippen LogP contribution in [0.1, 0.15) is 16.8 Å². The fourth-order valence-electron chi connectivity index (χ4n) is 1.76. The lowest BCUT2D eigenvalue weighted by Crippen LogP contribution is -2.30. The second kappa shape index (κ2) is 4.51. The van der Waals surface area contributed by atoms with Crippen LogP contribution < -0.4 is 0 Å². The molecule has 0 bridgehead atoms. The second-order valence-electron chi connectivity index (χ2n) is 3.82. The molecule has 1 fully saturated rings. The number of nitrogens with zero attached hydrogens (tertiary/aromatic N) is 1. The maximum absolute atomic E-state index is 13.5. The molecule has 0 spiro atoms. The Bertz CT molecular complexity index is 424. The van der Waals surface area contributed by atoms with Gasteiger partial charge in [-0.05, 0) is 24.6 Å². The zero-order valence-electron chi connectivity index (χ0n) is 8.49. The van der Waals surface area contributed by atoms with Gasteiger partial charge in [-0.15, -0.1) is 0 Å². The number of β-amino-alcohol motifs (C(OH)–C–C–N with tert-alkyl or cyclic N) is 1. The quantitative estimate of drug-likeness (QED) is 0.856. The molecule has 0 radical (unpaired) electrons. The highest BCUT2D eigenvalue weighted by atomic mass is 79.9. The van der Waals surface area contributed by atoms with Crippen molar-refractivity contribution < 1.29 is 14.3 Å². The van der Waals surface area contributed by atoms with Gasteiger partial charge < -0.3 is 10.0 Å². The van der Waals surface area contributed by atoms with E-state index in [1.807, 2.05) is 0 Å². The third kappa shape index (κ3) is 2.25. The molecule has 16 heavy (non-hydrogen) atoms. The van der Waals surface area contributed by atoms with Crippen molar-refractivity contribution in [1.29, 1.82) is 0 Å². The van der Waals surface area contributed by atoms with Crippen LogP contribution in [-0.2, 0) is 0 Å². The largest absolute Gasteiger partial charge is 0.391 e. The van der Waals surface area contributed by atoms with E-state index in [-0.39, 0.29) is 18.0 Å². The minimum absolute atomic E-state index is 0.0531. The van der Waals surface area contributed by atoms with E-state index in [0.29, 0.717) is 17.4 Å². The van der Waals surface area contributed by atoms with E-state index in [1.54, 1.807) is 6.07 Å². The average Bonchev–Trinajstić information content (AvgIpc) is 2.64. The predicted octanol–water partition coefficient (Wildman–Crippen LogP) is 1.79. The summed E-state index contributed by atoms with van der Waals surface area (Å²) in [4.78, 5) is 13.4. The Labute approximate surface area is 101 Å². The highest BCUT2D eigenvalue weighted by Gasteiger charge is 2.26. The molecule has 1 saturated heterocycles. The normalized spacial score (nSPS) is 20.2. The van der Waals surface area contributed by atoms with E-state index in [4.69, 9.17) is 0 Å². The standard InChI is InChI=1S/C11H11BrFNO2/c12-7-1-2-9(10(13)5-7)11(16)14-4-3-8(15)6-14/h1-2,5,8,15H,3-4,6H2. The number of hydrogen-bond donors (Lipinski definition) is 1. The number of halogens is 2. The zero-order valence-corrected chi connectivity index (χ0v) is 10.1. The molecule has 2 rings (SSSR count). The monoisotopic (exact) mass is 287 g/mol. The smallest absolute Gasteiger partial charge is 0.256 e. The molecule has 1 N–H and O–H groups in total. The van der Waals surface area contributed by atoms with Gasteiger partial charge in [-0.25, -0.2) is 4.39 Å². The second-order valence-corrected chi connectivity index (χ2v) is 4.73. The lowest BCUT2D eigenvalue weighted by atomic mass is 10.2. The number of benzene rings is 1. The van der Waals surface area contributed by atoms with Gasteiger partial charge in [0.05, 0.1) is 11.7 Å². The van der Waals surface area contributed by atoms with Crippen molar-refractivity contribution >= 4 is 21.8 Å². The van der Waals surface area contributed by atoms with Gasteiger partial charge >= 0.3 is 0 Å². The Morgan fingerprint density at radius 2 is 2.31 bits per heavy atom. The molecule has 1 atom stereocenters. The summed E-state index contributed by atoms with van der Waals surface area (Å²) < 4.78 is 14.1. The fourth-order valence-corrected chi connectivity index (χ4v) is 2.09. The minimum Gasteiger partial charge on any atom is -0.391 e. The average molecular weight is 288 g/mol. The first kappa shape index (κ1) is 11.5. The fraction of sp³-hybridized carbons (Fsp3) is 0.364. The van der Waals surface area contributed by atoms with Gasteiger partial charge in [-0.1, -0.05) is 15.9 Å². The van der Waals surface area contributed by atoms with Crippen LogP contribution in [0.2, 0.25) is 0 Å². The maximum atomic E-state index is 13.5. The number of likely N-dealkylation sites (tertiary alicyclic amines) is 1. The van der Waals surface area contributed by atoms with Crippen LogP contribution >= 0.6 is 15.9 Å². The summed E-state index contributed by atoms with van der Waals surface area (Å²) in [5.41, 5.74) is 0.0531. The Kier molecular flexibility index (Phi) is 3.25. The van der Waals surface area contributed by atoms with E-state index in [9.17, 15) is 14.3 Å². The summed E-state index contributed by atoms with van der Waals surface area (Å²) in [6.45, 7) is 0.768. The van der Waals surface area contributed by atoms with Gasteiger partial charge in [0.2, 0.25) is 0 Å². The SMILES string of the molecule is O=C(c1ccc(Br)cc1F)N1CCC(O)C1. The van der Waals surface area contributed by atoms with Crippen LogP contribution in [-0.4, -0.2) is 35.1 Å². The number of rotatable bonds is 1. The number of carbonyl (C=O) groups excluding carboxylic acids is 1. The molecular formula is C11H11BrFNO2. The molecule has 5 heteroatoms. The van der Waals surface area contributed by atoms with Gasteiger partial charge in [0.1, 0.15) is 5.82 Å². The molecule has 1 aromatic rings. The van der Waals surface area contributed by atoms with Gasteiger partial charge in [0.15, 0.2) is 0 Å². The Balaban J connectivity index is 2.21. The minimum atomic E-state index is -0.541. The maximum Gasteiger partial charge on any atom is 0.256 e. The number of amides is 1. The van der Waals surface area contributed by atoms with Crippen molar-refractivity contribution in [3.05, 3.63) is 34.1 Å². The van der Waals surface area contributed by atoms with Crippen molar-refractivity contribution in [3.63, 3.8) is 0 Å². The number of carbonyl (C=O) groups is 1. The van der Waals surface area contributed by atoms with E-state index in [0.717, 1.165) is 0 Å². The van der Waals surface area contributed by atoms with E-state index < -0.39 is 11.9 Å². The van der Waals surface area contributed by atoms with E-state index in [2.05, 4.69) is 15.9 Å². The lowest BCUT2D eigenvalue weighted by Gasteiger charge is -2.15. The first-order valence-electron chi connectivity index (χ1n) is 5.00. The van der Waals surface area contributed by atoms with Crippen molar-refractivity contribution in [2.45, 2.75) is 12.5 Å². The molecule has 1 aliphatic rings. The molecule has 0 saturated carbocycles. The van der Waals surface area contributed by atoms with Crippen molar-refractivity contribution in [2.75, 3.05) is 13.1 Å². The molecule has 1 unspecified atom stereocenters. The van der Waals surface area contributed by atoms with Gasteiger partial charge in [0, 0.05) is 17.6 Å². The highest BCUT2D eigenvalue weighted by Crippen LogP contribution is 2.19. The van der Waals surface area contributed by atoms with Crippen LogP contribution in [0.5, 0.6) is 0 Å². The number of hydrogen-bond acceptors (Lipinski definition) is 2. The summed E-state index contributed by atoms with van der Waals surface area (Å²) in [6, 6.07) is 4.34. The predicted molar refractivity (Wildman–Crippen MR) is 60.6 cm³/mol. The highest BCUT2D eigenvalue weighted by molar-refractivity contribution is 9.10. The summed E-state index contributed by atoms with van der Waals surface area (Å²) in [7, 11) is 0. The van der Waals surface area contributed by atoms with Crippen molar-refractivity contribution in [3.8, 4) is 0 Å². The Hall–Kier alpha value is -0.940. The molecule has 86 valence electrons. The molecule has 3 nitrogen and oxygen atoms in total. The molecule has 1 aromatic carbocycles. The van der Waals surface area contributed by atoms with Crippen LogP contribution in [0.3, 0.4) is 0 Å². The topological polar surface area (TPSA) is 40.5 Å². The Morgan fingerprint density at radius 1 is 1.56 bits per heavy atom. The summed E-state index contributed by atoms with van der Waals surface area (Å²) >= 11 is 3.13. The van der Waals surface area contributed by atoms with Gasteiger partial charge in [-0.3, -0.25) is 4.79 Å². The third-order valence-electron chi connectivity index (χ3n) is 2.61. The van der Waals surface area contributed by atoms with Crippen LogP contribution in [0.4, 0.5) is 4.39 Å². The first-order chi connectivity index (χ1) is 7.58. The van der Waals surface area contributed by atoms with Crippen molar-refractivity contribution in [1.82, 2.24) is 4.90 Å². The van der Waals surface area contributed by atoms with Gasteiger partial charge in [-0.2, -0.15) is 0 Å². The molecule has 1 aliphatic heterocycles. The van der Waals surface area contributed by atoms with Crippen LogP contribution in [0.25, 0.3) is 0 Å². The van der Waals surface area contributed by atoms with Crippen LogP contribution in [0, 0.1) is 5.82 Å². The molecule has 1 heterocycles. The van der Waals surface area contributed by atoms with Crippen LogP contribution in [0.15, 0.2) is 22.7 Å². The molecular weight excluding hydrogens is 277 g/mol. The molecule has 1 amide bonds. The Morgan fingerprint density at radius 3 is 2.88 bits per heavy atom. The summed E-state index contributed by atoms with van der Waals surface area (Å²) in [5.74, 6) is -0.901. The van der Waals surface area contributed by atoms with E-state index in [1.165, 1.54) is 17.0 Å². The van der Waals surface area contributed by atoms with Crippen molar-refractivity contribution in [2.24, 2.45) is 0 Å². The zero-order chi connectivity index (χ0) is 11.7. The lowest BCUT2D eigenvalue weighted by molar-refractivity contribution is 0.0760.